The van der Waals surface area contributed by atoms with E-state index >= 15 is 0 Å². The fourth-order valence-electron chi connectivity index (χ4n) is 6.09. The Morgan fingerprint density at radius 1 is 0.641 bits per heavy atom. The van der Waals surface area contributed by atoms with Crippen LogP contribution < -0.4 is 0 Å². The van der Waals surface area contributed by atoms with Gasteiger partial charge in [-0.3, -0.25) is 0 Å². The summed E-state index contributed by atoms with van der Waals surface area (Å²) in [5.41, 5.74) is 5.58. The molecule has 0 aliphatic heterocycles. The van der Waals surface area contributed by atoms with Gasteiger partial charge in [0.15, 0.2) is 0 Å². The van der Waals surface area contributed by atoms with Crippen LogP contribution in [-0.2, 0) is 0 Å². The number of aromatic nitrogens is 4. The van der Waals surface area contributed by atoms with Crippen molar-refractivity contribution in [2.75, 3.05) is 0 Å². The molecule has 0 aliphatic rings. The number of fused-ring (bicyclic) bond motifs is 10. The van der Waals surface area contributed by atoms with Gasteiger partial charge in [-0.15, -0.1) is 0 Å². The van der Waals surface area contributed by atoms with Gasteiger partial charge in [-0.2, -0.15) is 0 Å². The highest BCUT2D eigenvalue weighted by atomic mass is 16.3. The van der Waals surface area contributed by atoms with E-state index in [0.717, 1.165) is 60.1 Å². The Morgan fingerprint density at radius 3 is 2.31 bits per heavy atom. The van der Waals surface area contributed by atoms with Crippen molar-refractivity contribution in [1.82, 2.24) is 19.1 Å². The monoisotopic (exact) mass is 505 g/mol. The van der Waals surface area contributed by atoms with Crippen LogP contribution >= 0.6 is 0 Å². The number of benzene rings is 5. The van der Waals surface area contributed by atoms with E-state index in [1.165, 1.54) is 6.33 Å². The summed E-state index contributed by atoms with van der Waals surface area (Å²) < 4.78 is 53.0. The van der Waals surface area contributed by atoms with Crippen molar-refractivity contribution in [2.24, 2.45) is 0 Å². The maximum atomic E-state index is 8.90. The molecule has 0 amide bonds. The maximum Gasteiger partial charge on any atom is 0.230 e. The highest BCUT2D eigenvalue weighted by molar-refractivity contribution is 6.26. The van der Waals surface area contributed by atoms with E-state index in [4.69, 9.17) is 11.3 Å². The van der Waals surface area contributed by atoms with Gasteiger partial charge < -0.3 is 13.6 Å². The fraction of sp³-hybridized carbons (Fsp3) is 0. The molecule has 0 atom stereocenters. The molecule has 182 valence electrons. The summed E-state index contributed by atoms with van der Waals surface area (Å²) in [4.78, 5) is 8.61. The van der Waals surface area contributed by atoms with Gasteiger partial charge in [-0.1, -0.05) is 66.7 Å². The second-order valence-electron chi connectivity index (χ2n) is 9.53. The predicted molar refractivity (Wildman–Crippen MR) is 158 cm³/mol. The van der Waals surface area contributed by atoms with E-state index < -0.39 is 6.04 Å². The Kier molecular flexibility index (Phi) is 3.18. The SMILES string of the molecule is [2H]c1c([2H])c([2H])c(-n2c3ccccc3c3ccc4c(c5ccccc5n4-c4cccc5oc6ncncc6c45)c32)c([2H])c1[2H]. The van der Waals surface area contributed by atoms with Gasteiger partial charge in [0.2, 0.25) is 5.71 Å². The average molecular weight is 506 g/mol. The standard InChI is InChI=1S/C34H20N4O/c1-2-9-21(10-3-1)37-26-13-6-4-11-22(26)23-17-18-29-32(33(23)37)24-12-5-7-14-27(24)38(29)28-15-8-16-30-31(28)25-19-35-20-36-34(25)39-30/h1-20H/i1D,2D,3D,9D,10D. The number of rotatable bonds is 2. The van der Waals surface area contributed by atoms with Crippen LogP contribution in [0.5, 0.6) is 0 Å². The Labute approximate surface area is 229 Å². The van der Waals surface area contributed by atoms with Crippen molar-refractivity contribution in [3.8, 4) is 11.4 Å². The van der Waals surface area contributed by atoms with Crippen LogP contribution in [0.1, 0.15) is 6.85 Å². The fourth-order valence-corrected chi connectivity index (χ4v) is 6.09. The van der Waals surface area contributed by atoms with Gasteiger partial charge in [0.25, 0.3) is 0 Å². The number of hydrogen-bond acceptors (Lipinski definition) is 3. The topological polar surface area (TPSA) is 48.8 Å². The van der Waals surface area contributed by atoms with Gasteiger partial charge in [-0.25, -0.2) is 9.97 Å². The molecular formula is C34H20N4O. The highest BCUT2D eigenvalue weighted by Crippen LogP contribution is 2.43. The third kappa shape index (κ3) is 2.68. The number of para-hydroxylation sites is 3. The molecule has 0 bridgehead atoms. The Morgan fingerprint density at radius 2 is 1.44 bits per heavy atom. The smallest absolute Gasteiger partial charge is 0.230 e. The number of furan rings is 1. The highest BCUT2D eigenvalue weighted by Gasteiger charge is 2.22. The zero-order valence-corrected chi connectivity index (χ0v) is 20.4. The van der Waals surface area contributed by atoms with Gasteiger partial charge >= 0.3 is 0 Å². The third-order valence-electron chi connectivity index (χ3n) is 7.58. The van der Waals surface area contributed by atoms with Crippen LogP contribution in [0.15, 0.2) is 126 Å². The number of nitrogens with zero attached hydrogens (tertiary/aromatic N) is 4. The second kappa shape index (κ2) is 7.55. The van der Waals surface area contributed by atoms with Crippen LogP contribution in [0.3, 0.4) is 0 Å². The molecule has 0 radical (unpaired) electrons. The number of hydrogen-bond donors (Lipinski definition) is 0. The Balaban J connectivity index is 1.53. The molecule has 0 N–H and O–H groups in total. The molecule has 4 heterocycles. The molecule has 9 aromatic rings. The first-order chi connectivity index (χ1) is 21.5. The second-order valence-corrected chi connectivity index (χ2v) is 9.53. The minimum atomic E-state index is -0.421. The summed E-state index contributed by atoms with van der Waals surface area (Å²) in [5.74, 6) is 0. The van der Waals surface area contributed by atoms with Gasteiger partial charge in [0.1, 0.15) is 11.9 Å². The summed E-state index contributed by atoms with van der Waals surface area (Å²) in [7, 11) is 0. The van der Waals surface area contributed by atoms with Crippen molar-refractivity contribution in [1.29, 1.82) is 0 Å². The first kappa shape index (κ1) is 16.4. The normalized spacial score (nSPS) is 13.9. The lowest BCUT2D eigenvalue weighted by Gasteiger charge is -2.10. The van der Waals surface area contributed by atoms with Gasteiger partial charge in [0.05, 0.1) is 45.4 Å². The molecule has 0 saturated heterocycles. The largest absolute Gasteiger partial charge is 0.438 e. The summed E-state index contributed by atoms with van der Waals surface area (Å²) in [5, 5.41) is 5.40. The minimum Gasteiger partial charge on any atom is -0.438 e. The molecule has 5 aromatic carbocycles. The van der Waals surface area contributed by atoms with E-state index in [1.54, 1.807) is 6.20 Å². The van der Waals surface area contributed by atoms with E-state index in [9.17, 15) is 0 Å². The van der Waals surface area contributed by atoms with Crippen LogP contribution in [0.2, 0.25) is 0 Å². The zero-order chi connectivity index (χ0) is 29.9. The lowest BCUT2D eigenvalue weighted by Crippen LogP contribution is -1.96. The zero-order valence-electron chi connectivity index (χ0n) is 25.4. The van der Waals surface area contributed by atoms with Crippen molar-refractivity contribution in [3.63, 3.8) is 0 Å². The van der Waals surface area contributed by atoms with E-state index in [2.05, 4.69) is 38.8 Å². The molecule has 0 aliphatic carbocycles. The lowest BCUT2D eigenvalue weighted by molar-refractivity contribution is 0.652. The summed E-state index contributed by atoms with van der Waals surface area (Å²) in [6, 6.07) is 24.3. The average Bonchev–Trinajstić information content (AvgIpc) is 3.71. The van der Waals surface area contributed by atoms with E-state index in [1.807, 2.05) is 59.2 Å². The Bertz CT molecular complexity index is 2660. The first-order valence-corrected chi connectivity index (χ1v) is 12.6. The van der Waals surface area contributed by atoms with Crippen molar-refractivity contribution in [3.05, 3.63) is 122 Å². The van der Waals surface area contributed by atoms with Crippen molar-refractivity contribution >= 4 is 65.7 Å². The van der Waals surface area contributed by atoms with Crippen molar-refractivity contribution < 1.29 is 11.3 Å². The van der Waals surface area contributed by atoms with Gasteiger partial charge in [-0.05, 0) is 42.4 Å². The molecule has 0 saturated carbocycles. The predicted octanol–water partition coefficient (Wildman–Crippen LogP) is 8.57. The summed E-state index contributed by atoms with van der Waals surface area (Å²) in [6.45, 7) is 0. The maximum absolute atomic E-state index is 8.90. The minimum absolute atomic E-state index is 0.117. The van der Waals surface area contributed by atoms with Crippen LogP contribution in [0.25, 0.3) is 77.1 Å². The molecule has 0 fully saturated rings. The molecule has 4 aromatic heterocycles. The third-order valence-corrected chi connectivity index (χ3v) is 7.58. The van der Waals surface area contributed by atoms with Gasteiger partial charge in [0, 0.05) is 33.4 Å². The van der Waals surface area contributed by atoms with E-state index in [-0.39, 0.29) is 29.9 Å². The Hall–Kier alpha value is -5.42. The van der Waals surface area contributed by atoms with Crippen molar-refractivity contribution in [2.45, 2.75) is 0 Å². The molecular weight excluding hydrogens is 480 g/mol. The molecule has 9 rings (SSSR count). The lowest BCUT2D eigenvalue weighted by atomic mass is 10.1. The molecule has 0 unspecified atom stereocenters. The summed E-state index contributed by atoms with van der Waals surface area (Å²) >= 11 is 0. The van der Waals surface area contributed by atoms with E-state index in [0.29, 0.717) is 11.3 Å². The molecule has 5 heteroatoms. The first-order valence-electron chi connectivity index (χ1n) is 15.1. The van der Waals surface area contributed by atoms with Crippen LogP contribution in [0.4, 0.5) is 0 Å². The summed E-state index contributed by atoms with van der Waals surface area (Å²) in [6.07, 6.45) is 3.24. The van der Waals surface area contributed by atoms with Crippen LogP contribution in [0, 0.1) is 0 Å². The molecule has 5 nitrogen and oxygen atoms in total. The molecule has 0 spiro atoms. The van der Waals surface area contributed by atoms with Crippen LogP contribution in [-0.4, -0.2) is 19.1 Å². The quantitative estimate of drug-likeness (QED) is 0.236. The molecule has 39 heavy (non-hydrogen) atoms.